The van der Waals surface area contributed by atoms with Crippen molar-refractivity contribution in [1.29, 1.82) is 0 Å². The van der Waals surface area contributed by atoms with E-state index in [1.54, 1.807) is 0 Å². The highest BCUT2D eigenvalue weighted by Gasteiger charge is 2.15. The van der Waals surface area contributed by atoms with Gasteiger partial charge in [-0.2, -0.15) is 0 Å². The van der Waals surface area contributed by atoms with E-state index in [4.69, 9.17) is 9.15 Å². The summed E-state index contributed by atoms with van der Waals surface area (Å²) in [6, 6.07) is 4.27. The van der Waals surface area contributed by atoms with Gasteiger partial charge in [-0.25, -0.2) is 4.79 Å². The molecule has 2 N–H and O–H groups in total. The Morgan fingerprint density at radius 3 is 2.85 bits per heavy atom. The summed E-state index contributed by atoms with van der Waals surface area (Å²) in [6.45, 7) is 2.37. The second kappa shape index (κ2) is 6.14. The fourth-order valence-electron chi connectivity index (χ4n) is 1.81. The number of ether oxygens (including phenoxy) is 1. The van der Waals surface area contributed by atoms with Crippen molar-refractivity contribution in [3.8, 4) is 17.2 Å². The molecule has 0 aliphatic carbocycles. The van der Waals surface area contributed by atoms with Crippen molar-refractivity contribution in [1.82, 2.24) is 0 Å². The monoisotopic (exact) mass is 276 g/mol. The molecule has 0 unspecified atom stereocenters. The number of phenols is 1. The van der Waals surface area contributed by atoms with Crippen molar-refractivity contribution < 1.29 is 19.4 Å². The zero-order chi connectivity index (χ0) is 14.5. The Labute approximate surface area is 115 Å². The fraction of sp³-hybridized carbons (Fsp3) is 0.267. The van der Waals surface area contributed by atoms with Crippen molar-refractivity contribution in [3.63, 3.8) is 0 Å². The van der Waals surface area contributed by atoms with E-state index in [9.17, 15) is 15.0 Å². The molecule has 1 aromatic heterocycles. The Hall–Kier alpha value is -2.43. The molecule has 0 aliphatic rings. The average molecular weight is 276 g/mol. The Balaban J connectivity index is 2.33. The number of benzene rings is 1. The maximum absolute atomic E-state index is 11.5. The summed E-state index contributed by atoms with van der Waals surface area (Å²) in [4.78, 5) is 11.5. The molecule has 106 valence electrons. The van der Waals surface area contributed by atoms with Crippen molar-refractivity contribution in [3.05, 3.63) is 40.8 Å². The standard InChI is InChI=1S/C15H16O5/c1-2-3-4-5-8-19-14-11-7-6-10(16)9-12(11)20-15(18)13(14)17/h3-4,6-7,9,16-17H,2,5,8H2,1H3. The molecule has 0 saturated carbocycles. The molecular formula is C15H16O5. The van der Waals surface area contributed by atoms with Crippen LogP contribution in [0.3, 0.4) is 0 Å². The first-order valence-corrected chi connectivity index (χ1v) is 6.40. The lowest BCUT2D eigenvalue weighted by atomic mass is 10.2. The third kappa shape index (κ3) is 2.93. The smallest absolute Gasteiger partial charge is 0.382 e. The van der Waals surface area contributed by atoms with Gasteiger partial charge in [-0.15, -0.1) is 0 Å². The van der Waals surface area contributed by atoms with Crippen molar-refractivity contribution in [2.75, 3.05) is 6.61 Å². The molecule has 0 radical (unpaired) electrons. The first kappa shape index (κ1) is 14.0. The van der Waals surface area contributed by atoms with Crippen LogP contribution in [-0.4, -0.2) is 16.8 Å². The first-order chi connectivity index (χ1) is 9.63. The van der Waals surface area contributed by atoms with Gasteiger partial charge in [0.25, 0.3) is 0 Å². The van der Waals surface area contributed by atoms with Crippen molar-refractivity contribution in [2.24, 2.45) is 0 Å². The molecular weight excluding hydrogens is 260 g/mol. The first-order valence-electron chi connectivity index (χ1n) is 6.40. The molecule has 2 rings (SSSR count). The Morgan fingerprint density at radius 2 is 2.10 bits per heavy atom. The number of phenolic OH excluding ortho intramolecular Hbond substituents is 1. The molecule has 5 nitrogen and oxygen atoms in total. The van der Waals surface area contributed by atoms with E-state index in [0.717, 1.165) is 6.42 Å². The van der Waals surface area contributed by atoms with Gasteiger partial charge in [0.1, 0.15) is 11.3 Å². The lowest BCUT2D eigenvalue weighted by Crippen LogP contribution is -2.04. The van der Waals surface area contributed by atoms with Crippen LogP contribution in [-0.2, 0) is 0 Å². The Morgan fingerprint density at radius 1 is 1.30 bits per heavy atom. The van der Waals surface area contributed by atoms with Crippen LogP contribution in [0.5, 0.6) is 17.2 Å². The summed E-state index contributed by atoms with van der Waals surface area (Å²) in [5.74, 6) is -0.494. The molecule has 0 amide bonds. The second-order valence-electron chi connectivity index (χ2n) is 4.26. The van der Waals surface area contributed by atoms with E-state index < -0.39 is 11.4 Å². The van der Waals surface area contributed by atoms with Gasteiger partial charge in [0.15, 0.2) is 5.75 Å². The number of allylic oxidation sites excluding steroid dienone is 1. The molecule has 0 saturated heterocycles. The molecule has 1 heterocycles. The summed E-state index contributed by atoms with van der Waals surface area (Å²) in [7, 11) is 0. The highest BCUT2D eigenvalue weighted by atomic mass is 16.5. The number of hydrogen-bond acceptors (Lipinski definition) is 5. The SMILES string of the molecule is CCC=CCCOc1c(O)c(=O)oc2cc(O)ccc12. The van der Waals surface area contributed by atoms with Crippen LogP contribution in [0.1, 0.15) is 19.8 Å². The molecule has 2 aromatic rings. The van der Waals surface area contributed by atoms with Crippen molar-refractivity contribution in [2.45, 2.75) is 19.8 Å². The maximum Gasteiger partial charge on any atom is 0.382 e. The fourth-order valence-corrected chi connectivity index (χ4v) is 1.81. The van der Waals surface area contributed by atoms with Gasteiger partial charge < -0.3 is 19.4 Å². The second-order valence-corrected chi connectivity index (χ2v) is 4.26. The predicted molar refractivity (Wildman–Crippen MR) is 75.4 cm³/mol. The zero-order valence-electron chi connectivity index (χ0n) is 11.1. The van der Waals surface area contributed by atoms with Gasteiger partial charge in [0, 0.05) is 6.07 Å². The molecule has 0 atom stereocenters. The van der Waals surface area contributed by atoms with Crippen LogP contribution in [0.2, 0.25) is 0 Å². The lowest BCUT2D eigenvalue weighted by Gasteiger charge is -2.09. The number of aromatic hydroxyl groups is 2. The molecule has 0 fully saturated rings. The van der Waals surface area contributed by atoms with Crippen molar-refractivity contribution >= 4 is 11.0 Å². The third-order valence-electron chi connectivity index (χ3n) is 2.75. The van der Waals surface area contributed by atoms with E-state index in [-0.39, 0.29) is 17.1 Å². The van der Waals surface area contributed by atoms with E-state index in [2.05, 4.69) is 0 Å². The average Bonchev–Trinajstić information content (AvgIpc) is 2.42. The quantitative estimate of drug-likeness (QED) is 0.498. The van der Waals surface area contributed by atoms with Gasteiger partial charge >= 0.3 is 5.63 Å². The number of rotatable bonds is 5. The minimum absolute atomic E-state index is 0.0248. The van der Waals surface area contributed by atoms with Gasteiger partial charge in [-0.1, -0.05) is 19.1 Å². The van der Waals surface area contributed by atoms with Crippen LogP contribution in [0.15, 0.2) is 39.6 Å². The molecule has 0 aliphatic heterocycles. The van der Waals surface area contributed by atoms with Crippen LogP contribution >= 0.6 is 0 Å². The summed E-state index contributed by atoms with van der Waals surface area (Å²) < 4.78 is 10.4. The zero-order valence-corrected chi connectivity index (χ0v) is 11.1. The van der Waals surface area contributed by atoms with Crippen LogP contribution < -0.4 is 10.4 Å². The number of hydrogen-bond donors (Lipinski definition) is 2. The largest absolute Gasteiger partial charge is 0.508 e. The topological polar surface area (TPSA) is 79.9 Å². The third-order valence-corrected chi connectivity index (χ3v) is 2.75. The summed E-state index contributed by atoms with van der Waals surface area (Å²) >= 11 is 0. The lowest BCUT2D eigenvalue weighted by molar-refractivity contribution is 0.301. The van der Waals surface area contributed by atoms with Crippen LogP contribution in [0, 0.1) is 0 Å². The molecule has 1 aromatic carbocycles. The van der Waals surface area contributed by atoms with E-state index >= 15 is 0 Å². The molecule has 5 heteroatoms. The summed E-state index contributed by atoms with van der Waals surface area (Å²) in [6.07, 6.45) is 5.60. The highest BCUT2D eigenvalue weighted by molar-refractivity contribution is 5.86. The summed E-state index contributed by atoms with van der Waals surface area (Å²) in [5, 5.41) is 19.6. The Kier molecular flexibility index (Phi) is 4.30. The number of fused-ring (bicyclic) bond motifs is 1. The summed E-state index contributed by atoms with van der Waals surface area (Å²) in [5.41, 5.74) is -0.714. The molecule has 0 bridgehead atoms. The van der Waals surface area contributed by atoms with E-state index in [1.807, 2.05) is 19.1 Å². The van der Waals surface area contributed by atoms with Crippen LogP contribution in [0.4, 0.5) is 0 Å². The Bertz CT molecular complexity index is 684. The van der Waals surface area contributed by atoms with E-state index in [0.29, 0.717) is 18.4 Å². The molecule has 20 heavy (non-hydrogen) atoms. The highest BCUT2D eigenvalue weighted by Crippen LogP contribution is 2.33. The van der Waals surface area contributed by atoms with Gasteiger partial charge in [-0.05, 0) is 25.0 Å². The minimum atomic E-state index is -0.887. The van der Waals surface area contributed by atoms with Gasteiger partial charge in [-0.3, -0.25) is 0 Å². The maximum atomic E-state index is 11.5. The van der Waals surface area contributed by atoms with Gasteiger partial charge in [0.2, 0.25) is 5.75 Å². The van der Waals surface area contributed by atoms with E-state index in [1.165, 1.54) is 18.2 Å². The normalized spacial score (nSPS) is 11.2. The van der Waals surface area contributed by atoms with Gasteiger partial charge in [0.05, 0.1) is 12.0 Å². The molecule has 0 spiro atoms. The predicted octanol–water partition coefficient (Wildman–Crippen LogP) is 2.94. The minimum Gasteiger partial charge on any atom is -0.508 e. The van der Waals surface area contributed by atoms with Crippen LogP contribution in [0.25, 0.3) is 11.0 Å².